The highest BCUT2D eigenvalue weighted by Gasteiger charge is 2.34. The molecule has 152 valence electrons. The van der Waals surface area contributed by atoms with E-state index in [-0.39, 0.29) is 35.5 Å². The van der Waals surface area contributed by atoms with E-state index in [1.54, 1.807) is 0 Å². The van der Waals surface area contributed by atoms with Gasteiger partial charge in [-0.1, -0.05) is 12.1 Å². The van der Waals surface area contributed by atoms with Crippen LogP contribution in [0.15, 0.2) is 35.1 Å². The molecule has 1 atom stereocenters. The van der Waals surface area contributed by atoms with Crippen LogP contribution in [0.25, 0.3) is 5.69 Å². The fraction of sp³-hybridized carbons (Fsp3) is 0.389. The molecule has 0 spiro atoms. The van der Waals surface area contributed by atoms with Crippen LogP contribution in [0, 0.1) is 6.92 Å². The average molecular weight is 417 g/mol. The quantitative estimate of drug-likeness (QED) is 0.816. The summed E-state index contributed by atoms with van der Waals surface area (Å²) in [6, 6.07) is 5.91. The molecule has 1 aromatic carbocycles. The summed E-state index contributed by atoms with van der Waals surface area (Å²) in [7, 11) is 0. The predicted octanol–water partition coefficient (Wildman–Crippen LogP) is 2.42. The number of hydrogen-bond acceptors (Lipinski definition) is 4. The van der Waals surface area contributed by atoms with E-state index < -0.39 is 23.1 Å². The van der Waals surface area contributed by atoms with Gasteiger partial charge < -0.3 is 10.2 Å². The number of aryl methyl sites for hydroxylation is 1. The summed E-state index contributed by atoms with van der Waals surface area (Å²) in [6.07, 6.45) is -4.59. The van der Waals surface area contributed by atoms with Crippen LogP contribution >= 0.6 is 12.4 Å². The first-order valence-corrected chi connectivity index (χ1v) is 8.49. The molecule has 3 rings (SSSR count). The molecule has 1 aliphatic rings. The summed E-state index contributed by atoms with van der Waals surface area (Å²) in [5.41, 5.74) is -1.90. The van der Waals surface area contributed by atoms with E-state index in [0.717, 1.165) is 16.8 Å². The summed E-state index contributed by atoms with van der Waals surface area (Å²) < 4.78 is 41.1. The Morgan fingerprint density at radius 1 is 1.29 bits per heavy atom. The molecule has 0 unspecified atom stereocenters. The van der Waals surface area contributed by atoms with Crippen molar-refractivity contribution in [3.8, 4) is 5.69 Å². The molecule has 28 heavy (non-hydrogen) atoms. The largest absolute Gasteiger partial charge is 0.418 e. The topological polar surface area (TPSA) is 67.2 Å². The maximum Gasteiger partial charge on any atom is 0.418 e. The van der Waals surface area contributed by atoms with Crippen LogP contribution in [0.4, 0.5) is 13.2 Å². The first-order valence-electron chi connectivity index (χ1n) is 8.49. The molecule has 6 nitrogen and oxygen atoms in total. The van der Waals surface area contributed by atoms with Gasteiger partial charge in [-0.3, -0.25) is 9.59 Å². The molecule has 1 fully saturated rings. The maximum absolute atomic E-state index is 13.4. The molecule has 2 heterocycles. The van der Waals surface area contributed by atoms with Crippen LogP contribution in [0.1, 0.15) is 28.7 Å². The molecule has 0 aliphatic carbocycles. The Morgan fingerprint density at radius 2 is 1.96 bits per heavy atom. The fourth-order valence-corrected chi connectivity index (χ4v) is 3.12. The third-order valence-corrected chi connectivity index (χ3v) is 4.51. The lowest BCUT2D eigenvalue weighted by Gasteiger charge is -2.33. The van der Waals surface area contributed by atoms with Gasteiger partial charge in [0.25, 0.3) is 5.91 Å². The van der Waals surface area contributed by atoms with Crippen molar-refractivity contribution in [1.29, 1.82) is 0 Å². The molecule has 0 radical (unpaired) electrons. The Bertz CT molecular complexity index is 930. The first kappa shape index (κ1) is 21.9. The average Bonchev–Trinajstić information content (AvgIpc) is 2.61. The summed E-state index contributed by atoms with van der Waals surface area (Å²) in [5, 5.41) is 7.15. The zero-order valence-electron chi connectivity index (χ0n) is 15.3. The number of para-hydroxylation sites is 1. The third-order valence-electron chi connectivity index (χ3n) is 4.51. The van der Waals surface area contributed by atoms with E-state index in [9.17, 15) is 22.8 Å². The van der Waals surface area contributed by atoms with Gasteiger partial charge in [-0.2, -0.15) is 18.3 Å². The molecule has 1 aromatic heterocycles. The Kier molecular flexibility index (Phi) is 6.51. The Balaban J connectivity index is 0.00000280. The maximum atomic E-state index is 13.4. The minimum Gasteiger partial charge on any atom is -0.332 e. The molecular weight excluding hydrogens is 397 g/mol. The lowest BCUT2D eigenvalue weighted by atomic mass is 10.1. The van der Waals surface area contributed by atoms with Crippen LogP contribution in [-0.4, -0.2) is 46.3 Å². The second-order valence-electron chi connectivity index (χ2n) is 6.48. The first-order chi connectivity index (χ1) is 12.7. The van der Waals surface area contributed by atoms with Gasteiger partial charge in [0.2, 0.25) is 5.43 Å². The number of aromatic nitrogens is 2. The standard InChI is InChI=1S/C18H19F3N4O2.ClH/c1-11-9-15(26)16(17(27)24-8-7-22-10-12(24)2)23-25(11)14-6-4-3-5-13(14)18(19,20)21;/h3-6,9,12,22H,7-8,10H2,1-2H3;1H/t12-;/m1./s1. The van der Waals surface area contributed by atoms with Gasteiger partial charge in [0.05, 0.1) is 11.3 Å². The molecule has 10 heteroatoms. The number of carbonyl (C=O) groups is 1. The smallest absolute Gasteiger partial charge is 0.332 e. The zero-order valence-corrected chi connectivity index (χ0v) is 16.1. The van der Waals surface area contributed by atoms with Crippen LogP contribution in [0.5, 0.6) is 0 Å². The summed E-state index contributed by atoms with van der Waals surface area (Å²) >= 11 is 0. The molecule has 1 saturated heterocycles. The van der Waals surface area contributed by atoms with E-state index in [2.05, 4.69) is 10.4 Å². The fourth-order valence-electron chi connectivity index (χ4n) is 3.12. The molecule has 0 saturated carbocycles. The van der Waals surface area contributed by atoms with Gasteiger partial charge in [0, 0.05) is 37.4 Å². The van der Waals surface area contributed by atoms with Gasteiger partial charge in [-0.15, -0.1) is 12.4 Å². The predicted molar refractivity (Wildman–Crippen MR) is 100 cm³/mol. The van der Waals surface area contributed by atoms with Crippen LogP contribution in [-0.2, 0) is 6.18 Å². The second-order valence-corrected chi connectivity index (χ2v) is 6.48. The van der Waals surface area contributed by atoms with E-state index in [4.69, 9.17) is 0 Å². The van der Waals surface area contributed by atoms with E-state index >= 15 is 0 Å². The molecule has 1 N–H and O–H groups in total. The molecule has 0 bridgehead atoms. The van der Waals surface area contributed by atoms with Crippen molar-refractivity contribution in [2.45, 2.75) is 26.1 Å². The Morgan fingerprint density at radius 3 is 2.61 bits per heavy atom. The Hall–Kier alpha value is -2.39. The number of piperazine rings is 1. The number of nitrogens with zero attached hydrogens (tertiary/aromatic N) is 3. The number of hydrogen-bond donors (Lipinski definition) is 1. The number of carbonyl (C=O) groups excluding carboxylic acids is 1. The highest BCUT2D eigenvalue weighted by atomic mass is 35.5. The van der Waals surface area contributed by atoms with Crippen molar-refractivity contribution in [3.63, 3.8) is 0 Å². The number of amides is 1. The van der Waals surface area contributed by atoms with Crippen LogP contribution in [0.2, 0.25) is 0 Å². The lowest BCUT2D eigenvalue weighted by molar-refractivity contribution is -0.137. The zero-order chi connectivity index (χ0) is 19.8. The van der Waals surface area contributed by atoms with Gasteiger partial charge in [0.15, 0.2) is 5.69 Å². The third kappa shape index (κ3) is 4.20. The van der Waals surface area contributed by atoms with Crippen LogP contribution in [0.3, 0.4) is 0 Å². The van der Waals surface area contributed by atoms with Crippen LogP contribution < -0.4 is 10.7 Å². The molecular formula is C18H20ClF3N4O2. The highest BCUT2D eigenvalue weighted by molar-refractivity contribution is 5.92. The monoisotopic (exact) mass is 416 g/mol. The second kappa shape index (κ2) is 8.32. The van der Waals surface area contributed by atoms with Gasteiger partial charge in [-0.05, 0) is 26.0 Å². The molecule has 1 aliphatic heterocycles. The van der Waals surface area contributed by atoms with Crippen molar-refractivity contribution < 1.29 is 18.0 Å². The van der Waals surface area contributed by atoms with E-state index in [1.165, 1.54) is 30.0 Å². The summed E-state index contributed by atoms with van der Waals surface area (Å²) in [4.78, 5) is 26.7. The number of nitrogens with one attached hydrogen (secondary N) is 1. The van der Waals surface area contributed by atoms with Gasteiger partial charge in [-0.25, -0.2) is 4.68 Å². The number of rotatable bonds is 2. The van der Waals surface area contributed by atoms with Crippen molar-refractivity contribution in [2.75, 3.05) is 19.6 Å². The van der Waals surface area contributed by atoms with Crippen molar-refractivity contribution in [1.82, 2.24) is 20.0 Å². The highest BCUT2D eigenvalue weighted by Crippen LogP contribution is 2.33. The van der Waals surface area contributed by atoms with Crippen molar-refractivity contribution in [2.24, 2.45) is 0 Å². The van der Waals surface area contributed by atoms with E-state index in [0.29, 0.717) is 19.6 Å². The normalized spacial score (nSPS) is 17.2. The molecule has 1 amide bonds. The number of halogens is 4. The SMILES string of the molecule is Cc1cc(=O)c(C(=O)N2CCNC[C@H]2C)nn1-c1ccccc1C(F)(F)F.Cl. The lowest BCUT2D eigenvalue weighted by Crippen LogP contribution is -2.53. The van der Waals surface area contributed by atoms with E-state index in [1.807, 2.05) is 6.92 Å². The van der Waals surface area contributed by atoms with Gasteiger partial charge >= 0.3 is 6.18 Å². The molecule has 2 aromatic rings. The van der Waals surface area contributed by atoms with Crippen molar-refractivity contribution >= 4 is 18.3 Å². The minimum absolute atomic E-state index is 0. The minimum atomic E-state index is -4.59. The summed E-state index contributed by atoms with van der Waals surface area (Å²) in [5.74, 6) is -0.577. The van der Waals surface area contributed by atoms with Crippen molar-refractivity contribution in [3.05, 3.63) is 57.5 Å². The Labute approximate surface area is 165 Å². The summed E-state index contributed by atoms with van der Waals surface area (Å²) in [6.45, 7) is 4.85. The number of benzene rings is 1. The van der Waals surface area contributed by atoms with Gasteiger partial charge in [0.1, 0.15) is 0 Å². The number of alkyl halides is 3.